The van der Waals surface area contributed by atoms with Crippen molar-refractivity contribution in [2.24, 2.45) is 0 Å². The van der Waals surface area contributed by atoms with E-state index in [9.17, 15) is 14.0 Å². The Labute approximate surface area is 118 Å². The number of hydrogen-bond donors (Lipinski definition) is 2. The number of aryl methyl sites for hydroxylation is 1. The molecule has 104 valence electrons. The molecule has 6 heteroatoms. The molecule has 1 amide bonds. The maximum atomic E-state index is 13.1. The molecular weight excluding hydrogens is 281 g/mol. The first kappa shape index (κ1) is 14.2. The third-order valence-corrected chi connectivity index (χ3v) is 3.75. The summed E-state index contributed by atoms with van der Waals surface area (Å²) in [6.45, 7) is 1.93. The van der Waals surface area contributed by atoms with E-state index in [1.165, 1.54) is 17.4 Å². The molecule has 1 heterocycles. The van der Waals surface area contributed by atoms with Gasteiger partial charge in [0.1, 0.15) is 5.82 Å². The molecule has 0 fully saturated rings. The number of amides is 1. The lowest BCUT2D eigenvalue weighted by Crippen LogP contribution is -2.15. The zero-order valence-corrected chi connectivity index (χ0v) is 11.5. The van der Waals surface area contributed by atoms with Crippen LogP contribution in [-0.2, 0) is 6.42 Å². The first-order chi connectivity index (χ1) is 9.52. The number of anilines is 1. The first-order valence-electron chi connectivity index (χ1n) is 5.93. The Bertz CT molecular complexity index is 666. The van der Waals surface area contributed by atoms with E-state index in [1.807, 2.05) is 13.0 Å². The van der Waals surface area contributed by atoms with E-state index in [0.29, 0.717) is 11.3 Å². The third-order valence-electron chi connectivity index (χ3n) is 2.79. The lowest BCUT2D eigenvalue weighted by Gasteiger charge is -2.08. The predicted molar refractivity (Wildman–Crippen MR) is 75.0 cm³/mol. The minimum atomic E-state index is -1.29. The highest BCUT2D eigenvalue weighted by molar-refractivity contribution is 7.12. The van der Waals surface area contributed by atoms with E-state index in [-0.39, 0.29) is 17.2 Å². The fourth-order valence-corrected chi connectivity index (χ4v) is 2.69. The van der Waals surface area contributed by atoms with Gasteiger partial charge in [0.05, 0.1) is 16.1 Å². The summed E-state index contributed by atoms with van der Waals surface area (Å²) in [4.78, 5) is 23.7. The van der Waals surface area contributed by atoms with Gasteiger partial charge in [-0.15, -0.1) is 11.3 Å². The Morgan fingerprint density at radius 3 is 2.75 bits per heavy atom. The Balaban J connectivity index is 2.31. The van der Waals surface area contributed by atoms with Gasteiger partial charge in [-0.3, -0.25) is 4.79 Å². The van der Waals surface area contributed by atoms with Gasteiger partial charge in [0, 0.05) is 0 Å². The molecule has 4 nitrogen and oxygen atoms in total. The van der Waals surface area contributed by atoms with Gasteiger partial charge in [0.25, 0.3) is 5.91 Å². The molecule has 20 heavy (non-hydrogen) atoms. The van der Waals surface area contributed by atoms with Gasteiger partial charge >= 0.3 is 5.97 Å². The van der Waals surface area contributed by atoms with Gasteiger partial charge in [-0.25, -0.2) is 9.18 Å². The summed E-state index contributed by atoms with van der Waals surface area (Å²) in [5, 5.41) is 13.3. The standard InChI is InChI=1S/C14H12FNO3S/c1-2-8-5-6-20-12(8)13(17)16-11-4-3-9(15)7-10(11)14(18)19/h3-7H,2H2,1H3,(H,16,17)(H,18,19). The largest absolute Gasteiger partial charge is 0.478 e. The molecule has 2 aromatic rings. The van der Waals surface area contributed by atoms with Crippen LogP contribution in [0.5, 0.6) is 0 Å². The van der Waals surface area contributed by atoms with Crippen molar-refractivity contribution in [2.45, 2.75) is 13.3 Å². The monoisotopic (exact) mass is 293 g/mol. The molecular formula is C14H12FNO3S. The number of benzene rings is 1. The Morgan fingerprint density at radius 1 is 1.35 bits per heavy atom. The zero-order chi connectivity index (χ0) is 14.7. The lowest BCUT2D eigenvalue weighted by atomic mass is 10.1. The smallest absolute Gasteiger partial charge is 0.337 e. The molecule has 0 radical (unpaired) electrons. The fourth-order valence-electron chi connectivity index (χ4n) is 1.79. The fraction of sp³-hybridized carbons (Fsp3) is 0.143. The molecule has 1 aromatic carbocycles. The van der Waals surface area contributed by atoms with Crippen LogP contribution in [0.1, 0.15) is 32.5 Å². The van der Waals surface area contributed by atoms with E-state index < -0.39 is 11.8 Å². The third kappa shape index (κ3) is 2.85. The molecule has 0 bridgehead atoms. The van der Waals surface area contributed by atoms with E-state index in [1.54, 1.807) is 5.38 Å². The van der Waals surface area contributed by atoms with E-state index in [4.69, 9.17) is 5.11 Å². The second-order valence-electron chi connectivity index (χ2n) is 4.08. The number of carboxylic acids is 1. The maximum Gasteiger partial charge on any atom is 0.337 e. The van der Waals surface area contributed by atoms with Crippen LogP contribution >= 0.6 is 11.3 Å². The predicted octanol–water partition coefficient (Wildman–Crippen LogP) is 3.40. The Kier molecular flexibility index (Phi) is 4.14. The van der Waals surface area contributed by atoms with Crippen molar-refractivity contribution in [3.63, 3.8) is 0 Å². The van der Waals surface area contributed by atoms with Crippen molar-refractivity contribution in [2.75, 3.05) is 5.32 Å². The Morgan fingerprint density at radius 2 is 2.10 bits per heavy atom. The summed E-state index contributed by atoms with van der Waals surface area (Å²) >= 11 is 1.29. The second-order valence-corrected chi connectivity index (χ2v) is 4.99. The van der Waals surface area contributed by atoms with Crippen molar-refractivity contribution in [1.82, 2.24) is 0 Å². The highest BCUT2D eigenvalue weighted by Crippen LogP contribution is 2.22. The average Bonchev–Trinajstić information content (AvgIpc) is 2.89. The summed E-state index contributed by atoms with van der Waals surface area (Å²) in [7, 11) is 0. The van der Waals surface area contributed by atoms with Gasteiger partial charge < -0.3 is 10.4 Å². The second kappa shape index (κ2) is 5.83. The van der Waals surface area contributed by atoms with Crippen LogP contribution < -0.4 is 5.32 Å². The summed E-state index contributed by atoms with van der Waals surface area (Å²) in [6, 6.07) is 5.09. The molecule has 2 rings (SSSR count). The number of nitrogens with one attached hydrogen (secondary N) is 1. The molecule has 0 saturated carbocycles. The number of carbonyl (C=O) groups is 2. The van der Waals surface area contributed by atoms with Crippen LogP contribution in [0.25, 0.3) is 0 Å². The number of aromatic carboxylic acids is 1. The molecule has 0 unspecified atom stereocenters. The van der Waals surface area contributed by atoms with Crippen molar-refractivity contribution >= 4 is 28.9 Å². The van der Waals surface area contributed by atoms with E-state index >= 15 is 0 Å². The van der Waals surface area contributed by atoms with Gasteiger partial charge in [-0.05, 0) is 41.6 Å². The van der Waals surface area contributed by atoms with E-state index in [2.05, 4.69) is 5.32 Å². The molecule has 0 aliphatic heterocycles. The normalized spacial score (nSPS) is 10.3. The van der Waals surface area contributed by atoms with Crippen molar-refractivity contribution < 1.29 is 19.1 Å². The minimum Gasteiger partial charge on any atom is -0.478 e. The van der Waals surface area contributed by atoms with Crippen LogP contribution in [0, 0.1) is 5.82 Å². The summed E-state index contributed by atoms with van der Waals surface area (Å²) in [5.41, 5.74) is 0.707. The molecule has 1 aromatic heterocycles. The molecule has 0 aliphatic rings. The van der Waals surface area contributed by atoms with Gasteiger partial charge in [0.2, 0.25) is 0 Å². The van der Waals surface area contributed by atoms with Crippen molar-refractivity contribution in [3.8, 4) is 0 Å². The quantitative estimate of drug-likeness (QED) is 0.908. The average molecular weight is 293 g/mol. The highest BCUT2D eigenvalue weighted by Gasteiger charge is 2.17. The molecule has 0 atom stereocenters. The Hall–Kier alpha value is -2.21. The summed E-state index contributed by atoms with van der Waals surface area (Å²) in [6.07, 6.45) is 0.710. The van der Waals surface area contributed by atoms with Crippen LogP contribution in [0.2, 0.25) is 0 Å². The number of thiophene rings is 1. The van der Waals surface area contributed by atoms with Crippen LogP contribution in [0.3, 0.4) is 0 Å². The molecule has 0 spiro atoms. The van der Waals surface area contributed by atoms with Crippen LogP contribution in [0.4, 0.5) is 10.1 Å². The number of hydrogen-bond acceptors (Lipinski definition) is 3. The summed E-state index contributed by atoms with van der Waals surface area (Å²) in [5.74, 6) is -2.33. The maximum absolute atomic E-state index is 13.1. The minimum absolute atomic E-state index is 0.0827. The van der Waals surface area contributed by atoms with Gasteiger partial charge in [-0.1, -0.05) is 6.92 Å². The SMILES string of the molecule is CCc1ccsc1C(=O)Nc1ccc(F)cc1C(=O)O. The summed E-state index contributed by atoms with van der Waals surface area (Å²) < 4.78 is 13.1. The lowest BCUT2D eigenvalue weighted by molar-refractivity contribution is 0.0697. The number of rotatable bonds is 4. The number of halogens is 1. The first-order valence-corrected chi connectivity index (χ1v) is 6.81. The molecule has 0 aliphatic carbocycles. The topological polar surface area (TPSA) is 66.4 Å². The van der Waals surface area contributed by atoms with E-state index in [0.717, 1.165) is 17.7 Å². The van der Waals surface area contributed by atoms with Gasteiger partial charge in [-0.2, -0.15) is 0 Å². The highest BCUT2D eigenvalue weighted by atomic mass is 32.1. The van der Waals surface area contributed by atoms with Gasteiger partial charge in [0.15, 0.2) is 0 Å². The number of carbonyl (C=O) groups excluding carboxylic acids is 1. The number of carboxylic acid groups (broad SMARTS) is 1. The molecule has 0 saturated heterocycles. The van der Waals surface area contributed by atoms with Crippen LogP contribution in [-0.4, -0.2) is 17.0 Å². The van der Waals surface area contributed by atoms with Crippen molar-refractivity contribution in [1.29, 1.82) is 0 Å². The molecule has 2 N–H and O–H groups in total. The van der Waals surface area contributed by atoms with Crippen molar-refractivity contribution in [3.05, 3.63) is 51.5 Å². The van der Waals surface area contributed by atoms with Crippen LogP contribution in [0.15, 0.2) is 29.6 Å². The zero-order valence-electron chi connectivity index (χ0n) is 10.6.